The zero-order valence-electron chi connectivity index (χ0n) is 10.2. The van der Waals surface area contributed by atoms with Gasteiger partial charge in [-0.25, -0.2) is 18.1 Å². The molecule has 0 aliphatic heterocycles. The Labute approximate surface area is 106 Å². The van der Waals surface area contributed by atoms with E-state index in [9.17, 15) is 8.42 Å². The average Bonchev–Trinajstić information content (AvgIpc) is 2.83. The molecule has 18 heavy (non-hydrogen) atoms. The molecule has 0 saturated carbocycles. The molecule has 5 nitrogen and oxygen atoms in total. The predicted molar refractivity (Wildman–Crippen MR) is 66.4 cm³/mol. The van der Waals surface area contributed by atoms with Crippen LogP contribution in [0.15, 0.2) is 40.2 Å². The molecule has 0 unspecified atom stereocenters. The van der Waals surface area contributed by atoms with Crippen molar-refractivity contribution in [2.24, 2.45) is 0 Å². The van der Waals surface area contributed by atoms with Gasteiger partial charge in [0, 0.05) is 0 Å². The molecule has 1 heterocycles. The maximum atomic E-state index is 12.1. The molecule has 2 aromatic rings. The Hall–Kier alpha value is -1.66. The molecule has 0 amide bonds. The van der Waals surface area contributed by atoms with E-state index in [2.05, 4.69) is 9.71 Å². The van der Waals surface area contributed by atoms with Crippen LogP contribution in [0, 0.1) is 13.8 Å². The molecule has 0 aliphatic carbocycles. The van der Waals surface area contributed by atoms with Gasteiger partial charge in [-0.1, -0.05) is 12.1 Å². The zero-order chi connectivity index (χ0) is 13.2. The number of nitrogens with zero attached hydrogens (tertiary/aromatic N) is 1. The van der Waals surface area contributed by atoms with Gasteiger partial charge in [-0.05, 0) is 31.0 Å². The van der Waals surface area contributed by atoms with E-state index >= 15 is 0 Å². The van der Waals surface area contributed by atoms with Gasteiger partial charge in [-0.2, -0.15) is 0 Å². The van der Waals surface area contributed by atoms with Crippen molar-refractivity contribution in [2.75, 3.05) is 0 Å². The highest BCUT2D eigenvalue weighted by Crippen LogP contribution is 2.16. The van der Waals surface area contributed by atoms with Gasteiger partial charge in [-0.15, -0.1) is 0 Å². The Morgan fingerprint density at radius 2 is 2.11 bits per heavy atom. The monoisotopic (exact) mass is 266 g/mol. The number of oxazole rings is 1. The third-order valence-corrected chi connectivity index (χ3v) is 4.10. The van der Waals surface area contributed by atoms with Crippen molar-refractivity contribution in [2.45, 2.75) is 25.3 Å². The Morgan fingerprint density at radius 3 is 2.78 bits per heavy atom. The lowest BCUT2D eigenvalue weighted by Crippen LogP contribution is -2.24. The van der Waals surface area contributed by atoms with Crippen LogP contribution in [0.1, 0.15) is 16.8 Å². The van der Waals surface area contributed by atoms with Crippen LogP contribution in [0.25, 0.3) is 0 Å². The molecular formula is C12H14N2O3S. The summed E-state index contributed by atoms with van der Waals surface area (Å²) in [6.45, 7) is 3.74. The molecule has 96 valence electrons. The molecule has 1 N–H and O–H groups in total. The third-order valence-electron chi connectivity index (χ3n) is 2.56. The van der Waals surface area contributed by atoms with Crippen LogP contribution in [0.5, 0.6) is 0 Å². The second-order valence-corrected chi connectivity index (χ2v) is 5.81. The van der Waals surface area contributed by atoms with Crippen molar-refractivity contribution in [3.05, 3.63) is 47.7 Å². The number of aryl methyl sites for hydroxylation is 2. The van der Waals surface area contributed by atoms with E-state index in [4.69, 9.17) is 4.42 Å². The van der Waals surface area contributed by atoms with E-state index in [0.29, 0.717) is 16.2 Å². The van der Waals surface area contributed by atoms with E-state index in [1.807, 2.05) is 13.0 Å². The van der Waals surface area contributed by atoms with Gasteiger partial charge in [0.05, 0.1) is 17.1 Å². The van der Waals surface area contributed by atoms with Crippen molar-refractivity contribution in [3.63, 3.8) is 0 Å². The molecule has 1 aromatic heterocycles. The first-order valence-corrected chi connectivity index (χ1v) is 6.91. The first kappa shape index (κ1) is 12.8. The van der Waals surface area contributed by atoms with E-state index < -0.39 is 10.0 Å². The fraction of sp³-hybridized carbons (Fsp3) is 0.250. The number of hydrogen-bond donors (Lipinski definition) is 1. The number of benzene rings is 1. The van der Waals surface area contributed by atoms with Crippen LogP contribution >= 0.6 is 0 Å². The number of rotatable bonds is 4. The summed E-state index contributed by atoms with van der Waals surface area (Å²) in [6, 6.07) is 5.33. The number of aromatic nitrogens is 1. The minimum absolute atomic E-state index is 0.117. The fourth-order valence-corrected chi connectivity index (χ4v) is 2.89. The second kappa shape index (κ2) is 4.91. The highest BCUT2D eigenvalue weighted by atomic mass is 32.2. The van der Waals surface area contributed by atoms with Gasteiger partial charge < -0.3 is 4.42 Å². The lowest BCUT2D eigenvalue weighted by Gasteiger charge is -2.09. The largest absolute Gasteiger partial charge is 0.451 e. The molecule has 6 heteroatoms. The average molecular weight is 266 g/mol. The fourth-order valence-electron chi connectivity index (χ4n) is 1.57. The number of sulfonamides is 1. The van der Waals surface area contributed by atoms with Gasteiger partial charge in [-0.3, -0.25) is 0 Å². The number of hydrogen-bond acceptors (Lipinski definition) is 4. The molecule has 0 bridgehead atoms. The van der Waals surface area contributed by atoms with Crippen molar-refractivity contribution >= 4 is 10.0 Å². The summed E-state index contributed by atoms with van der Waals surface area (Å²) in [5, 5.41) is 0. The first-order valence-electron chi connectivity index (χ1n) is 5.43. The van der Waals surface area contributed by atoms with Crippen LogP contribution in [0.2, 0.25) is 0 Å². The highest BCUT2D eigenvalue weighted by Gasteiger charge is 2.16. The molecule has 1 aromatic carbocycles. The topological polar surface area (TPSA) is 72.2 Å². The molecular weight excluding hydrogens is 252 g/mol. The molecule has 0 aliphatic rings. The first-order chi connectivity index (χ1) is 8.49. The lowest BCUT2D eigenvalue weighted by molar-refractivity contribution is 0.555. The second-order valence-electron chi connectivity index (χ2n) is 4.07. The van der Waals surface area contributed by atoms with E-state index in [1.54, 1.807) is 19.1 Å². The minimum atomic E-state index is -3.52. The standard InChI is InChI=1S/C12H14N2O3S/c1-9-3-4-10(2)12(5-9)18(15,16)14-6-11-7-17-8-13-11/h3-5,7-8,14H,6H2,1-2H3. The predicted octanol–water partition coefficient (Wildman–Crippen LogP) is 1.77. The Bertz CT molecular complexity index is 633. The molecule has 2 rings (SSSR count). The van der Waals surface area contributed by atoms with Crippen LogP contribution < -0.4 is 4.72 Å². The quantitative estimate of drug-likeness (QED) is 0.915. The third kappa shape index (κ3) is 2.77. The van der Waals surface area contributed by atoms with Gasteiger partial charge in [0.1, 0.15) is 6.26 Å². The summed E-state index contributed by atoms with van der Waals surface area (Å²) >= 11 is 0. The summed E-state index contributed by atoms with van der Waals surface area (Å²) < 4.78 is 31.5. The van der Waals surface area contributed by atoms with Crippen molar-refractivity contribution < 1.29 is 12.8 Å². The Morgan fingerprint density at radius 1 is 1.33 bits per heavy atom. The van der Waals surface area contributed by atoms with E-state index in [0.717, 1.165) is 5.56 Å². The molecule has 0 fully saturated rings. The van der Waals surface area contributed by atoms with Crippen LogP contribution in [-0.2, 0) is 16.6 Å². The summed E-state index contributed by atoms with van der Waals surface area (Å²) in [5.74, 6) is 0. The highest BCUT2D eigenvalue weighted by molar-refractivity contribution is 7.89. The van der Waals surface area contributed by atoms with Crippen LogP contribution in [0.3, 0.4) is 0 Å². The van der Waals surface area contributed by atoms with E-state index in [-0.39, 0.29) is 6.54 Å². The number of nitrogens with one attached hydrogen (secondary N) is 1. The maximum Gasteiger partial charge on any atom is 0.241 e. The van der Waals surface area contributed by atoms with Crippen molar-refractivity contribution in [1.29, 1.82) is 0 Å². The van der Waals surface area contributed by atoms with Crippen molar-refractivity contribution in [1.82, 2.24) is 9.71 Å². The maximum absolute atomic E-state index is 12.1. The molecule has 0 spiro atoms. The molecule has 0 atom stereocenters. The van der Waals surface area contributed by atoms with Gasteiger partial charge in [0.25, 0.3) is 0 Å². The normalized spacial score (nSPS) is 11.7. The lowest BCUT2D eigenvalue weighted by atomic mass is 10.2. The summed E-state index contributed by atoms with van der Waals surface area (Å²) in [6.07, 6.45) is 2.67. The van der Waals surface area contributed by atoms with Crippen LogP contribution in [0.4, 0.5) is 0 Å². The molecule has 0 radical (unpaired) electrons. The zero-order valence-corrected chi connectivity index (χ0v) is 11.0. The van der Waals surface area contributed by atoms with Gasteiger partial charge >= 0.3 is 0 Å². The Kier molecular flexibility index (Phi) is 3.49. The SMILES string of the molecule is Cc1ccc(C)c(S(=O)(=O)NCc2cocn2)c1. The summed E-state index contributed by atoms with van der Waals surface area (Å²) in [5.41, 5.74) is 2.17. The van der Waals surface area contributed by atoms with Gasteiger partial charge in [0.15, 0.2) is 6.39 Å². The summed E-state index contributed by atoms with van der Waals surface area (Å²) in [7, 11) is -3.52. The van der Waals surface area contributed by atoms with E-state index in [1.165, 1.54) is 12.7 Å². The van der Waals surface area contributed by atoms with Gasteiger partial charge in [0.2, 0.25) is 10.0 Å². The van der Waals surface area contributed by atoms with Crippen molar-refractivity contribution in [3.8, 4) is 0 Å². The van der Waals surface area contributed by atoms with Crippen LogP contribution in [-0.4, -0.2) is 13.4 Å². The summed E-state index contributed by atoms with van der Waals surface area (Å²) in [4.78, 5) is 4.16. The minimum Gasteiger partial charge on any atom is -0.451 e. The Balaban J connectivity index is 2.22. The smallest absolute Gasteiger partial charge is 0.241 e. The molecule has 0 saturated heterocycles.